The molecule has 160 valence electrons. The Morgan fingerprint density at radius 2 is 1.97 bits per heavy atom. The number of nitrogen functional groups attached to an aromatic ring is 2. The van der Waals surface area contributed by atoms with Crippen LogP contribution in [0.15, 0.2) is 42.7 Å². The van der Waals surface area contributed by atoms with E-state index in [0.717, 1.165) is 37.2 Å². The first kappa shape index (κ1) is 21.0. The Labute approximate surface area is 185 Å². The molecule has 0 aliphatic carbocycles. The summed E-state index contributed by atoms with van der Waals surface area (Å²) in [5.74, 6) is -0.163. The maximum Gasteiger partial charge on any atom is 0.189 e. The van der Waals surface area contributed by atoms with Gasteiger partial charge in [-0.25, -0.2) is 9.97 Å². The largest absolute Gasteiger partial charge is 0.382 e. The fourth-order valence-electron chi connectivity index (χ4n) is 3.87. The van der Waals surface area contributed by atoms with Crippen LogP contribution in [0, 0.1) is 0 Å². The third-order valence-corrected chi connectivity index (χ3v) is 5.70. The molecule has 1 aliphatic rings. The van der Waals surface area contributed by atoms with E-state index in [1.165, 1.54) is 0 Å². The van der Waals surface area contributed by atoms with E-state index in [0.29, 0.717) is 16.3 Å². The van der Waals surface area contributed by atoms with E-state index in [2.05, 4.69) is 19.9 Å². The molecule has 1 aliphatic heterocycles. The fourth-order valence-corrected chi connectivity index (χ4v) is 4.09. The molecule has 1 aromatic carbocycles. The first-order valence-electron chi connectivity index (χ1n) is 10.1. The number of carbonyl (C=O) groups is 1. The molecule has 4 rings (SSSR count). The number of aromatic nitrogens is 3. The third-order valence-electron chi connectivity index (χ3n) is 5.37. The average Bonchev–Trinajstić information content (AvgIpc) is 2.75. The number of halogens is 1. The van der Waals surface area contributed by atoms with E-state index in [1.807, 2.05) is 12.1 Å². The molecule has 31 heavy (non-hydrogen) atoms. The number of nitrogens with zero attached hydrogens (tertiary/aromatic N) is 4. The third kappa shape index (κ3) is 4.45. The van der Waals surface area contributed by atoms with Gasteiger partial charge >= 0.3 is 0 Å². The lowest BCUT2D eigenvalue weighted by Gasteiger charge is -2.33. The highest BCUT2D eigenvalue weighted by Crippen LogP contribution is 2.31. The number of piperidine rings is 1. The summed E-state index contributed by atoms with van der Waals surface area (Å²) >= 11 is 6.29. The van der Waals surface area contributed by atoms with Gasteiger partial charge in [0.2, 0.25) is 0 Å². The zero-order valence-corrected chi connectivity index (χ0v) is 17.7. The molecule has 1 fully saturated rings. The fraction of sp³-hybridized carbons (Fsp3) is 0.273. The smallest absolute Gasteiger partial charge is 0.189 e. The number of rotatable bonds is 5. The Morgan fingerprint density at radius 3 is 2.74 bits per heavy atom. The summed E-state index contributed by atoms with van der Waals surface area (Å²) in [4.78, 5) is 28.2. The molecular formula is C22H24ClN7O. The molecule has 0 radical (unpaired) electrons. The standard InChI is InChI=1S/C22H24ClN7O/c23-16-6-2-1-5-15(16)19-21(25)29-22(26)20(28-19)18(31)10-13-11-27-8-7-17(13)30-9-3-4-14(24)12-30/h1-2,5-8,11,14H,3-4,9-10,12,24H2,(H4,25,26,29). The maximum absolute atomic E-state index is 13.2. The van der Waals surface area contributed by atoms with Crippen LogP contribution in [-0.4, -0.2) is 39.9 Å². The van der Waals surface area contributed by atoms with Crippen molar-refractivity contribution in [1.29, 1.82) is 0 Å². The van der Waals surface area contributed by atoms with E-state index < -0.39 is 0 Å². The minimum atomic E-state index is -0.270. The summed E-state index contributed by atoms with van der Waals surface area (Å²) in [5.41, 5.74) is 20.9. The van der Waals surface area contributed by atoms with E-state index in [1.54, 1.807) is 30.6 Å². The van der Waals surface area contributed by atoms with Crippen molar-refractivity contribution < 1.29 is 4.79 Å². The predicted octanol–water partition coefficient (Wildman–Crippen LogP) is 2.71. The van der Waals surface area contributed by atoms with E-state index in [9.17, 15) is 4.79 Å². The molecular weight excluding hydrogens is 414 g/mol. The van der Waals surface area contributed by atoms with Crippen LogP contribution in [0.25, 0.3) is 11.3 Å². The van der Waals surface area contributed by atoms with Crippen LogP contribution in [0.5, 0.6) is 0 Å². The number of hydrogen-bond acceptors (Lipinski definition) is 8. The summed E-state index contributed by atoms with van der Waals surface area (Å²) in [7, 11) is 0. The van der Waals surface area contributed by atoms with Crippen molar-refractivity contribution in [3.63, 3.8) is 0 Å². The van der Waals surface area contributed by atoms with E-state index in [4.69, 9.17) is 28.8 Å². The number of Topliss-reactive ketones (excluding diaryl/α,β-unsaturated/α-hetero) is 1. The molecule has 0 bridgehead atoms. The number of pyridine rings is 1. The number of hydrogen-bond donors (Lipinski definition) is 3. The van der Waals surface area contributed by atoms with Crippen LogP contribution in [0.1, 0.15) is 28.9 Å². The molecule has 3 aromatic rings. The second-order valence-electron chi connectivity index (χ2n) is 7.62. The van der Waals surface area contributed by atoms with Crippen molar-refractivity contribution in [3.05, 3.63) is 59.0 Å². The van der Waals surface area contributed by atoms with Crippen molar-refractivity contribution in [2.75, 3.05) is 29.5 Å². The van der Waals surface area contributed by atoms with Gasteiger partial charge in [0.25, 0.3) is 0 Å². The Bertz CT molecular complexity index is 1120. The monoisotopic (exact) mass is 437 g/mol. The average molecular weight is 438 g/mol. The predicted molar refractivity (Wildman–Crippen MR) is 123 cm³/mol. The number of benzene rings is 1. The number of carbonyl (C=O) groups excluding carboxylic acids is 1. The lowest BCUT2D eigenvalue weighted by molar-refractivity contribution is 0.0989. The molecule has 0 amide bonds. The molecule has 1 atom stereocenters. The molecule has 6 N–H and O–H groups in total. The van der Waals surface area contributed by atoms with Crippen LogP contribution >= 0.6 is 11.6 Å². The van der Waals surface area contributed by atoms with Gasteiger partial charge < -0.3 is 22.1 Å². The molecule has 1 saturated heterocycles. The van der Waals surface area contributed by atoms with Crippen LogP contribution in [0.2, 0.25) is 5.02 Å². The highest BCUT2D eigenvalue weighted by molar-refractivity contribution is 6.33. The van der Waals surface area contributed by atoms with Gasteiger partial charge in [0.05, 0.1) is 5.02 Å². The van der Waals surface area contributed by atoms with Crippen molar-refractivity contribution in [2.45, 2.75) is 25.3 Å². The van der Waals surface area contributed by atoms with E-state index >= 15 is 0 Å². The Balaban J connectivity index is 1.66. The summed E-state index contributed by atoms with van der Waals surface area (Å²) in [6, 6.07) is 9.13. The van der Waals surface area contributed by atoms with Gasteiger partial charge in [0, 0.05) is 54.8 Å². The van der Waals surface area contributed by atoms with Crippen molar-refractivity contribution in [3.8, 4) is 11.3 Å². The molecule has 1 unspecified atom stereocenters. The Hall–Kier alpha value is -3.23. The van der Waals surface area contributed by atoms with Crippen LogP contribution < -0.4 is 22.1 Å². The maximum atomic E-state index is 13.2. The van der Waals surface area contributed by atoms with Gasteiger partial charge in [-0.3, -0.25) is 9.78 Å². The number of ketones is 1. The summed E-state index contributed by atoms with van der Waals surface area (Å²) in [5, 5.41) is 0.461. The second kappa shape index (κ2) is 8.87. The van der Waals surface area contributed by atoms with Crippen LogP contribution in [-0.2, 0) is 6.42 Å². The van der Waals surface area contributed by atoms with Gasteiger partial charge in [-0.1, -0.05) is 29.8 Å². The molecule has 9 heteroatoms. The molecule has 0 saturated carbocycles. The summed E-state index contributed by atoms with van der Waals surface area (Å²) in [6.07, 6.45) is 5.51. The van der Waals surface area contributed by atoms with Crippen molar-refractivity contribution in [2.24, 2.45) is 5.73 Å². The Morgan fingerprint density at radius 1 is 1.16 bits per heavy atom. The lowest BCUT2D eigenvalue weighted by atomic mass is 10.0. The summed E-state index contributed by atoms with van der Waals surface area (Å²) < 4.78 is 0. The van der Waals surface area contributed by atoms with Gasteiger partial charge in [-0.2, -0.15) is 0 Å². The number of anilines is 3. The highest BCUT2D eigenvalue weighted by Gasteiger charge is 2.23. The zero-order chi connectivity index (χ0) is 22.0. The van der Waals surface area contributed by atoms with Crippen molar-refractivity contribution >= 4 is 34.7 Å². The normalized spacial score (nSPS) is 16.3. The van der Waals surface area contributed by atoms with Crippen LogP contribution in [0.4, 0.5) is 17.3 Å². The lowest BCUT2D eigenvalue weighted by Crippen LogP contribution is -2.43. The minimum absolute atomic E-state index is 0.0104. The molecule has 3 heterocycles. The first-order valence-corrected chi connectivity index (χ1v) is 10.5. The SMILES string of the molecule is Nc1nc(N)c(-c2ccccc2Cl)nc1C(=O)Cc1cnccc1N1CCCC(N)C1. The quantitative estimate of drug-likeness (QED) is 0.518. The summed E-state index contributed by atoms with van der Waals surface area (Å²) in [6.45, 7) is 1.63. The molecule has 8 nitrogen and oxygen atoms in total. The second-order valence-corrected chi connectivity index (χ2v) is 8.03. The van der Waals surface area contributed by atoms with Gasteiger partial charge in [0.1, 0.15) is 11.4 Å². The molecule has 2 aromatic heterocycles. The van der Waals surface area contributed by atoms with Gasteiger partial charge in [0.15, 0.2) is 17.4 Å². The minimum Gasteiger partial charge on any atom is -0.382 e. The highest BCUT2D eigenvalue weighted by atomic mass is 35.5. The Kier molecular flexibility index (Phi) is 6.01. The van der Waals surface area contributed by atoms with Gasteiger partial charge in [-0.05, 0) is 25.0 Å². The first-order chi connectivity index (χ1) is 14.9. The molecule has 0 spiro atoms. The van der Waals surface area contributed by atoms with Gasteiger partial charge in [-0.15, -0.1) is 0 Å². The van der Waals surface area contributed by atoms with Crippen molar-refractivity contribution in [1.82, 2.24) is 15.0 Å². The van der Waals surface area contributed by atoms with E-state index in [-0.39, 0.29) is 35.6 Å². The van der Waals surface area contributed by atoms with Crippen LogP contribution in [0.3, 0.4) is 0 Å². The number of nitrogens with two attached hydrogens (primary N) is 3. The topological polar surface area (TPSA) is 137 Å². The zero-order valence-electron chi connectivity index (χ0n) is 17.0.